The molecule has 0 unspecified atom stereocenters. The Labute approximate surface area is 125 Å². The first-order chi connectivity index (χ1) is 9.90. The van der Waals surface area contributed by atoms with Crippen LogP contribution in [0.5, 0.6) is 0 Å². The lowest BCUT2D eigenvalue weighted by Gasteiger charge is -2.24. The van der Waals surface area contributed by atoms with E-state index >= 15 is 0 Å². The molecule has 0 saturated heterocycles. The summed E-state index contributed by atoms with van der Waals surface area (Å²) in [5.74, 6) is -0.378. The van der Waals surface area contributed by atoms with Gasteiger partial charge in [-0.1, -0.05) is 42.5 Å². The van der Waals surface area contributed by atoms with Crippen LogP contribution in [0.1, 0.15) is 24.1 Å². The normalized spacial score (nSPS) is 13.3. The Hall–Kier alpha value is -1.72. The van der Waals surface area contributed by atoms with Crippen molar-refractivity contribution in [2.75, 3.05) is 7.05 Å². The van der Waals surface area contributed by atoms with E-state index in [1.165, 1.54) is 16.4 Å². The molecule has 0 spiro atoms. The SMILES string of the molecule is C[C@@H](c1ccc(F)cc1)N(C)S(=O)(=O)Cc1ccccc1. The third kappa shape index (κ3) is 3.89. The molecule has 0 fully saturated rings. The number of benzene rings is 2. The van der Waals surface area contributed by atoms with Gasteiger partial charge in [0.05, 0.1) is 5.75 Å². The van der Waals surface area contributed by atoms with E-state index in [9.17, 15) is 12.8 Å². The fourth-order valence-electron chi connectivity index (χ4n) is 2.08. The van der Waals surface area contributed by atoms with Gasteiger partial charge >= 0.3 is 0 Å². The van der Waals surface area contributed by atoms with E-state index in [0.29, 0.717) is 0 Å². The first-order valence-electron chi connectivity index (χ1n) is 6.65. The molecule has 0 radical (unpaired) electrons. The minimum absolute atomic E-state index is 0.0458. The third-order valence-electron chi connectivity index (χ3n) is 3.53. The van der Waals surface area contributed by atoms with Crippen molar-refractivity contribution in [2.45, 2.75) is 18.7 Å². The standard InChI is InChI=1S/C16H18FNO2S/c1-13(15-8-10-16(17)11-9-15)18(2)21(19,20)12-14-6-4-3-5-7-14/h3-11,13H,12H2,1-2H3/t13-/m0/s1. The Kier molecular flexibility index (Phi) is 4.75. The largest absolute Gasteiger partial charge is 0.218 e. The molecule has 21 heavy (non-hydrogen) atoms. The second kappa shape index (κ2) is 6.37. The van der Waals surface area contributed by atoms with Gasteiger partial charge in [0.1, 0.15) is 5.82 Å². The van der Waals surface area contributed by atoms with Crippen LogP contribution < -0.4 is 0 Å². The molecule has 2 aromatic rings. The van der Waals surface area contributed by atoms with E-state index in [1.807, 2.05) is 18.2 Å². The van der Waals surface area contributed by atoms with Gasteiger partial charge in [-0.05, 0) is 30.2 Å². The number of rotatable bonds is 5. The summed E-state index contributed by atoms with van der Waals surface area (Å²) < 4.78 is 39.1. The van der Waals surface area contributed by atoms with Gasteiger partial charge in [0.15, 0.2) is 0 Å². The number of sulfonamides is 1. The predicted molar refractivity (Wildman–Crippen MR) is 81.6 cm³/mol. The first-order valence-corrected chi connectivity index (χ1v) is 8.26. The Bertz CT molecular complexity index is 684. The third-order valence-corrected chi connectivity index (χ3v) is 5.42. The molecule has 0 N–H and O–H groups in total. The Balaban J connectivity index is 2.17. The topological polar surface area (TPSA) is 37.4 Å². The van der Waals surface area contributed by atoms with Gasteiger partial charge in [0.2, 0.25) is 10.0 Å². The van der Waals surface area contributed by atoms with Gasteiger partial charge in [0, 0.05) is 13.1 Å². The van der Waals surface area contributed by atoms with Crippen molar-refractivity contribution in [3.05, 3.63) is 71.5 Å². The fraction of sp³-hybridized carbons (Fsp3) is 0.250. The van der Waals surface area contributed by atoms with Gasteiger partial charge < -0.3 is 0 Å². The van der Waals surface area contributed by atoms with E-state index < -0.39 is 10.0 Å². The molecule has 1 atom stereocenters. The molecule has 3 nitrogen and oxygen atoms in total. The van der Waals surface area contributed by atoms with E-state index in [1.54, 1.807) is 38.2 Å². The summed E-state index contributed by atoms with van der Waals surface area (Å²) in [6.45, 7) is 1.79. The van der Waals surface area contributed by atoms with Gasteiger partial charge in [-0.2, -0.15) is 4.31 Å². The molecule has 112 valence electrons. The van der Waals surface area contributed by atoms with Crippen molar-refractivity contribution in [3.63, 3.8) is 0 Å². The van der Waals surface area contributed by atoms with Crippen molar-refractivity contribution in [3.8, 4) is 0 Å². The van der Waals surface area contributed by atoms with Crippen LogP contribution in [0.4, 0.5) is 4.39 Å². The molecule has 0 aliphatic carbocycles. The van der Waals surface area contributed by atoms with Gasteiger partial charge in [-0.25, -0.2) is 12.8 Å². The lowest BCUT2D eigenvalue weighted by atomic mass is 10.1. The molecule has 0 aliphatic rings. The van der Waals surface area contributed by atoms with Crippen molar-refractivity contribution in [2.24, 2.45) is 0 Å². The minimum atomic E-state index is -3.43. The van der Waals surface area contributed by atoms with Crippen LogP contribution in [-0.2, 0) is 15.8 Å². The van der Waals surface area contributed by atoms with Crippen LogP contribution in [0, 0.1) is 5.82 Å². The number of hydrogen-bond donors (Lipinski definition) is 0. The highest BCUT2D eigenvalue weighted by Gasteiger charge is 2.24. The van der Waals surface area contributed by atoms with Crippen LogP contribution in [0.25, 0.3) is 0 Å². The first kappa shape index (κ1) is 15.7. The quantitative estimate of drug-likeness (QED) is 0.849. The summed E-state index contributed by atoms with van der Waals surface area (Å²) >= 11 is 0. The van der Waals surface area contributed by atoms with Crippen molar-refractivity contribution in [1.29, 1.82) is 0 Å². The molecule has 0 heterocycles. The second-order valence-electron chi connectivity index (χ2n) is 4.99. The maximum Gasteiger partial charge on any atom is 0.218 e. The average Bonchev–Trinajstić information content (AvgIpc) is 2.47. The monoisotopic (exact) mass is 307 g/mol. The summed E-state index contributed by atoms with van der Waals surface area (Å²) in [4.78, 5) is 0. The lowest BCUT2D eigenvalue weighted by Crippen LogP contribution is -2.30. The number of nitrogens with zero attached hydrogens (tertiary/aromatic N) is 1. The van der Waals surface area contributed by atoms with Crippen LogP contribution >= 0.6 is 0 Å². The zero-order valence-electron chi connectivity index (χ0n) is 12.0. The summed E-state index contributed by atoms with van der Waals surface area (Å²) in [6, 6.07) is 14.6. The van der Waals surface area contributed by atoms with E-state index in [4.69, 9.17) is 0 Å². The van der Waals surface area contributed by atoms with E-state index in [0.717, 1.165) is 11.1 Å². The molecule has 0 amide bonds. The molecule has 0 bridgehead atoms. The Morgan fingerprint density at radius 1 is 1.05 bits per heavy atom. The molecule has 0 saturated carbocycles. The highest BCUT2D eigenvalue weighted by atomic mass is 32.2. The molecule has 0 aliphatic heterocycles. The molecule has 5 heteroatoms. The summed E-state index contributed by atoms with van der Waals surface area (Å²) in [6.07, 6.45) is 0. The molecular formula is C16H18FNO2S. The average molecular weight is 307 g/mol. The highest BCUT2D eigenvalue weighted by Crippen LogP contribution is 2.23. The zero-order valence-corrected chi connectivity index (χ0v) is 12.8. The lowest BCUT2D eigenvalue weighted by molar-refractivity contribution is 0.397. The maximum absolute atomic E-state index is 12.9. The summed E-state index contributed by atoms with van der Waals surface area (Å²) in [5.41, 5.74) is 1.51. The second-order valence-corrected chi connectivity index (χ2v) is 7.01. The number of hydrogen-bond acceptors (Lipinski definition) is 2. The van der Waals surface area contributed by atoms with Gasteiger partial charge in [-0.3, -0.25) is 0 Å². The predicted octanol–water partition coefficient (Wildman–Crippen LogP) is 3.35. The smallest absolute Gasteiger partial charge is 0.212 e. The molecule has 2 aromatic carbocycles. The Morgan fingerprint density at radius 2 is 1.62 bits per heavy atom. The van der Waals surface area contributed by atoms with E-state index in [2.05, 4.69) is 0 Å². The highest BCUT2D eigenvalue weighted by molar-refractivity contribution is 7.88. The minimum Gasteiger partial charge on any atom is -0.212 e. The van der Waals surface area contributed by atoms with Crippen LogP contribution in [0.2, 0.25) is 0 Å². The van der Waals surface area contributed by atoms with Crippen LogP contribution in [-0.4, -0.2) is 19.8 Å². The van der Waals surface area contributed by atoms with Crippen molar-refractivity contribution >= 4 is 10.0 Å². The maximum atomic E-state index is 12.9. The number of halogens is 1. The molecule has 2 rings (SSSR count). The molecule has 0 aromatic heterocycles. The van der Waals surface area contributed by atoms with Gasteiger partial charge in [0.25, 0.3) is 0 Å². The Morgan fingerprint density at radius 3 is 2.19 bits per heavy atom. The van der Waals surface area contributed by atoms with Gasteiger partial charge in [-0.15, -0.1) is 0 Å². The van der Waals surface area contributed by atoms with Crippen molar-refractivity contribution in [1.82, 2.24) is 4.31 Å². The van der Waals surface area contributed by atoms with Crippen molar-refractivity contribution < 1.29 is 12.8 Å². The fourth-order valence-corrected chi connectivity index (χ4v) is 3.50. The summed E-state index contributed by atoms with van der Waals surface area (Å²) in [5, 5.41) is 0. The molecular weight excluding hydrogens is 289 g/mol. The van der Waals surface area contributed by atoms with Crippen LogP contribution in [0.15, 0.2) is 54.6 Å². The van der Waals surface area contributed by atoms with Crippen LogP contribution in [0.3, 0.4) is 0 Å². The summed E-state index contributed by atoms with van der Waals surface area (Å²) in [7, 11) is -1.88. The zero-order chi connectivity index (χ0) is 15.5. The van der Waals surface area contributed by atoms with E-state index in [-0.39, 0.29) is 17.6 Å².